The first kappa shape index (κ1) is 14.7. The Labute approximate surface area is 150 Å². The zero-order chi connectivity index (χ0) is 17.5. The summed E-state index contributed by atoms with van der Waals surface area (Å²) in [5.41, 5.74) is 4.77. The molecule has 0 aliphatic carbocycles. The van der Waals surface area contributed by atoms with E-state index < -0.39 is 0 Å². The zero-order valence-corrected chi connectivity index (χ0v) is 14.1. The molecule has 0 amide bonds. The van der Waals surface area contributed by atoms with Crippen LogP contribution in [0.1, 0.15) is 11.1 Å². The lowest BCUT2D eigenvalue weighted by Crippen LogP contribution is -1.97. The van der Waals surface area contributed by atoms with Crippen molar-refractivity contribution >= 4 is 32.7 Å². The Balaban J connectivity index is 1.80. The van der Waals surface area contributed by atoms with Gasteiger partial charge in [-0.05, 0) is 23.8 Å². The average Bonchev–Trinajstić information content (AvgIpc) is 3.05. The number of pyridine rings is 1. The predicted octanol–water partition coefficient (Wildman–Crippen LogP) is 5.26. The summed E-state index contributed by atoms with van der Waals surface area (Å²) < 4.78 is 2.14. The summed E-state index contributed by atoms with van der Waals surface area (Å²) in [6.07, 6.45) is 1.94. The van der Waals surface area contributed by atoms with E-state index in [2.05, 4.69) is 47.0 Å². The van der Waals surface area contributed by atoms with Gasteiger partial charge in [0, 0.05) is 28.9 Å². The topological polar surface area (TPSA) is 41.6 Å². The van der Waals surface area contributed by atoms with Crippen molar-refractivity contribution in [3.05, 3.63) is 90.1 Å². The van der Waals surface area contributed by atoms with Crippen molar-refractivity contribution in [2.45, 2.75) is 6.54 Å². The smallest absolute Gasteiger partial charge is 0.101 e. The summed E-state index contributed by atoms with van der Waals surface area (Å²) in [4.78, 5) is 4.87. The molecule has 0 saturated carbocycles. The highest BCUT2D eigenvalue weighted by atomic mass is 15.0. The van der Waals surface area contributed by atoms with Gasteiger partial charge in [0.1, 0.15) is 6.07 Å². The van der Waals surface area contributed by atoms with Crippen molar-refractivity contribution in [2.24, 2.45) is 0 Å². The maximum atomic E-state index is 9.70. The maximum Gasteiger partial charge on any atom is 0.101 e. The number of hydrogen-bond donors (Lipinski definition) is 0. The number of aromatic nitrogens is 2. The Morgan fingerprint density at radius 3 is 2.54 bits per heavy atom. The minimum absolute atomic E-state index is 0.671. The number of nitrogens with zero attached hydrogens (tertiary/aromatic N) is 3. The van der Waals surface area contributed by atoms with Gasteiger partial charge in [-0.2, -0.15) is 5.26 Å². The molecule has 0 radical (unpaired) electrons. The minimum Gasteiger partial charge on any atom is -0.342 e. The predicted molar refractivity (Wildman–Crippen MR) is 105 cm³/mol. The number of rotatable bonds is 2. The van der Waals surface area contributed by atoms with E-state index in [0.717, 1.165) is 39.3 Å². The molecule has 3 heteroatoms. The summed E-state index contributed by atoms with van der Waals surface area (Å²) in [6, 6.07) is 27.1. The van der Waals surface area contributed by atoms with Gasteiger partial charge >= 0.3 is 0 Å². The van der Waals surface area contributed by atoms with E-state index in [1.807, 2.05) is 42.6 Å². The molecule has 0 unspecified atom stereocenters. The lowest BCUT2D eigenvalue weighted by molar-refractivity contribution is 0.836. The van der Waals surface area contributed by atoms with Gasteiger partial charge in [0.25, 0.3) is 0 Å². The highest BCUT2D eigenvalue weighted by Crippen LogP contribution is 2.31. The van der Waals surface area contributed by atoms with Crippen LogP contribution in [-0.4, -0.2) is 9.55 Å². The molecular formula is C23H15N3. The molecule has 5 aromatic rings. The van der Waals surface area contributed by atoms with E-state index in [0.29, 0.717) is 5.56 Å². The van der Waals surface area contributed by atoms with Crippen molar-refractivity contribution < 1.29 is 0 Å². The highest BCUT2D eigenvalue weighted by Gasteiger charge is 2.13. The molecular weight excluding hydrogens is 318 g/mol. The number of hydrogen-bond acceptors (Lipinski definition) is 2. The highest BCUT2D eigenvalue weighted by molar-refractivity contribution is 6.10. The Morgan fingerprint density at radius 2 is 1.69 bits per heavy atom. The second-order valence-corrected chi connectivity index (χ2v) is 6.48. The van der Waals surface area contributed by atoms with Crippen LogP contribution >= 0.6 is 0 Å². The Kier molecular flexibility index (Phi) is 3.23. The molecule has 5 rings (SSSR count). The summed E-state index contributed by atoms with van der Waals surface area (Å²) >= 11 is 0. The molecule has 0 fully saturated rings. The van der Waals surface area contributed by atoms with E-state index in [-0.39, 0.29) is 0 Å². The Bertz CT molecular complexity index is 1310. The number of para-hydroxylation sites is 1. The Morgan fingerprint density at radius 1 is 0.885 bits per heavy atom. The van der Waals surface area contributed by atoms with E-state index in [1.165, 1.54) is 5.56 Å². The van der Waals surface area contributed by atoms with Crippen molar-refractivity contribution in [1.29, 1.82) is 5.26 Å². The van der Waals surface area contributed by atoms with Gasteiger partial charge < -0.3 is 4.57 Å². The summed E-state index contributed by atoms with van der Waals surface area (Å²) in [5, 5.41) is 12.8. The van der Waals surface area contributed by atoms with E-state index in [9.17, 15) is 5.26 Å². The molecule has 0 bridgehead atoms. The first-order valence-corrected chi connectivity index (χ1v) is 8.59. The first-order valence-electron chi connectivity index (χ1n) is 8.59. The minimum atomic E-state index is 0.671. The van der Waals surface area contributed by atoms with Gasteiger partial charge in [0.05, 0.1) is 22.1 Å². The van der Waals surface area contributed by atoms with Crippen LogP contribution in [-0.2, 0) is 6.54 Å². The van der Waals surface area contributed by atoms with Gasteiger partial charge in [-0.1, -0.05) is 54.6 Å². The molecule has 122 valence electrons. The van der Waals surface area contributed by atoms with E-state index >= 15 is 0 Å². The third-order valence-corrected chi connectivity index (χ3v) is 4.85. The molecule has 2 aromatic heterocycles. The summed E-state index contributed by atoms with van der Waals surface area (Å²) in [5.74, 6) is 0. The molecule has 26 heavy (non-hydrogen) atoms. The van der Waals surface area contributed by atoms with Gasteiger partial charge in [-0.3, -0.25) is 0 Å². The number of fused-ring (bicyclic) bond motifs is 4. The van der Waals surface area contributed by atoms with Crippen LogP contribution in [0.5, 0.6) is 0 Å². The molecule has 0 saturated heterocycles. The Hall–Kier alpha value is -3.64. The third-order valence-electron chi connectivity index (χ3n) is 4.85. The zero-order valence-electron chi connectivity index (χ0n) is 14.1. The van der Waals surface area contributed by atoms with Crippen LogP contribution in [0.2, 0.25) is 0 Å². The fourth-order valence-corrected chi connectivity index (χ4v) is 3.62. The van der Waals surface area contributed by atoms with Crippen molar-refractivity contribution in [3.63, 3.8) is 0 Å². The lowest BCUT2D eigenvalue weighted by Gasteiger charge is -2.07. The standard InChI is InChI=1S/C23H15N3/c24-13-19-15-26(14-16-6-2-1-3-7-16)21-11-10-18-12-17-8-4-5-9-20(17)25-23(18)22(19)21/h1-12,15H,14H2. The SMILES string of the molecule is N#Cc1cn(Cc2ccccc2)c2ccc3cc4ccccc4nc3c12. The van der Waals surface area contributed by atoms with Crippen LogP contribution in [0, 0.1) is 11.3 Å². The van der Waals surface area contributed by atoms with Crippen molar-refractivity contribution in [3.8, 4) is 6.07 Å². The largest absolute Gasteiger partial charge is 0.342 e. The van der Waals surface area contributed by atoms with E-state index in [4.69, 9.17) is 4.98 Å². The summed E-state index contributed by atoms with van der Waals surface area (Å²) in [7, 11) is 0. The van der Waals surface area contributed by atoms with Crippen LogP contribution in [0.3, 0.4) is 0 Å². The molecule has 0 spiro atoms. The van der Waals surface area contributed by atoms with Crippen molar-refractivity contribution in [2.75, 3.05) is 0 Å². The fraction of sp³-hybridized carbons (Fsp3) is 0.0435. The van der Waals surface area contributed by atoms with Gasteiger partial charge in [0.15, 0.2) is 0 Å². The molecule has 3 nitrogen and oxygen atoms in total. The molecule has 0 aliphatic rings. The molecule has 0 N–H and O–H groups in total. The molecule has 0 aliphatic heterocycles. The van der Waals surface area contributed by atoms with Crippen LogP contribution in [0.4, 0.5) is 0 Å². The lowest BCUT2D eigenvalue weighted by atomic mass is 10.1. The van der Waals surface area contributed by atoms with Crippen LogP contribution < -0.4 is 0 Å². The van der Waals surface area contributed by atoms with Crippen LogP contribution in [0.15, 0.2) is 79.0 Å². The normalized spacial score (nSPS) is 11.2. The average molecular weight is 333 g/mol. The second kappa shape index (κ2) is 5.72. The number of nitriles is 1. The summed E-state index contributed by atoms with van der Waals surface area (Å²) in [6.45, 7) is 0.734. The first-order chi connectivity index (χ1) is 12.8. The molecule has 0 atom stereocenters. The van der Waals surface area contributed by atoms with Gasteiger partial charge in [-0.15, -0.1) is 0 Å². The van der Waals surface area contributed by atoms with Gasteiger partial charge in [0.2, 0.25) is 0 Å². The second-order valence-electron chi connectivity index (χ2n) is 6.48. The van der Waals surface area contributed by atoms with E-state index in [1.54, 1.807) is 0 Å². The van der Waals surface area contributed by atoms with Crippen molar-refractivity contribution in [1.82, 2.24) is 9.55 Å². The quantitative estimate of drug-likeness (QED) is 0.413. The van der Waals surface area contributed by atoms with Crippen LogP contribution in [0.25, 0.3) is 32.7 Å². The third kappa shape index (κ3) is 2.24. The fourth-order valence-electron chi connectivity index (χ4n) is 3.62. The number of benzene rings is 3. The van der Waals surface area contributed by atoms with Gasteiger partial charge in [-0.25, -0.2) is 4.98 Å². The maximum absolute atomic E-state index is 9.70. The molecule has 3 aromatic carbocycles. The molecule has 2 heterocycles. The monoisotopic (exact) mass is 333 g/mol.